The summed E-state index contributed by atoms with van der Waals surface area (Å²) < 4.78 is 1.21. The Kier molecular flexibility index (Phi) is 4.41. The van der Waals surface area contributed by atoms with E-state index in [4.69, 9.17) is 0 Å². The van der Waals surface area contributed by atoms with Gasteiger partial charge in [0.15, 0.2) is 0 Å². The van der Waals surface area contributed by atoms with Gasteiger partial charge in [-0.2, -0.15) is 0 Å². The molecule has 1 saturated heterocycles. The van der Waals surface area contributed by atoms with Gasteiger partial charge in [-0.1, -0.05) is 0 Å². The van der Waals surface area contributed by atoms with Gasteiger partial charge in [0.1, 0.15) is 0 Å². The lowest BCUT2D eigenvalue weighted by molar-refractivity contribution is 0.269. The maximum atomic E-state index is 3.50. The Hall–Kier alpha value is 0.1000. The molecule has 1 aliphatic rings. The van der Waals surface area contributed by atoms with Crippen LogP contribution in [0.2, 0.25) is 0 Å². The van der Waals surface area contributed by atoms with E-state index < -0.39 is 0 Å². The normalized spacial score (nSPS) is 22.1. The molecular weight excluding hydrogens is 284 g/mol. The summed E-state index contributed by atoms with van der Waals surface area (Å²) in [6.45, 7) is 4.83. The average molecular weight is 303 g/mol. The van der Waals surface area contributed by atoms with Crippen molar-refractivity contribution in [3.05, 3.63) is 20.8 Å². The van der Waals surface area contributed by atoms with E-state index in [-0.39, 0.29) is 0 Å². The van der Waals surface area contributed by atoms with Gasteiger partial charge in [0, 0.05) is 34.4 Å². The monoisotopic (exact) mass is 302 g/mol. The first-order chi connectivity index (χ1) is 7.63. The van der Waals surface area contributed by atoms with Crippen LogP contribution in [-0.2, 0) is 6.54 Å². The molecule has 1 aromatic rings. The fourth-order valence-electron chi connectivity index (χ4n) is 2.38. The molecule has 0 bridgehead atoms. The summed E-state index contributed by atoms with van der Waals surface area (Å²) in [6, 6.07) is 2.22. The molecular formula is C12H19BrN2S. The molecule has 2 nitrogen and oxygen atoms in total. The smallest absolute Gasteiger partial charge is 0.0325 e. The van der Waals surface area contributed by atoms with Crippen molar-refractivity contribution in [3.8, 4) is 0 Å². The SMILES string of the molecule is CN1CCC(CN(C)Cc2cc(Br)cs2)C1. The molecule has 1 unspecified atom stereocenters. The molecule has 1 atom stereocenters. The lowest BCUT2D eigenvalue weighted by atomic mass is 10.1. The molecule has 0 aromatic carbocycles. The maximum Gasteiger partial charge on any atom is 0.0325 e. The first-order valence-electron chi connectivity index (χ1n) is 5.73. The van der Waals surface area contributed by atoms with Crippen LogP contribution < -0.4 is 0 Å². The lowest BCUT2D eigenvalue weighted by Crippen LogP contribution is -2.26. The van der Waals surface area contributed by atoms with Crippen molar-refractivity contribution in [1.29, 1.82) is 0 Å². The van der Waals surface area contributed by atoms with Crippen LogP contribution in [0.1, 0.15) is 11.3 Å². The van der Waals surface area contributed by atoms with E-state index in [1.54, 1.807) is 0 Å². The van der Waals surface area contributed by atoms with Crippen molar-refractivity contribution in [2.24, 2.45) is 5.92 Å². The number of rotatable bonds is 4. The molecule has 0 aliphatic carbocycles. The molecule has 16 heavy (non-hydrogen) atoms. The average Bonchev–Trinajstić information content (AvgIpc) is 2.76. The molecule has 4 heteroatoms. The number of likely N-dealkylation sites (tertiary alicyclic amines) is 1. The summed E-state index contributed by atoms with van der Waals surface area (Å²) in [5.41, 5.74) is 0. The minimum Gasteiger partial charge on any atom is -0.306 e. The molecule has 1 aromatic heterocycles. The van der Waals surface area contributed by atoms with Crippen LogP contribution in [0.3, 0.4) is 0 Å². The zero-order valence-electron chi connectivity index (χ0n) is 9.95. The van der Waals surface area contributed by atoms with E-state index >= 15 is 0 Å². The second kappa shape index (κ2) is 5.63. The van der Waals surface area contributed by atoms with Crippen LogP contribution in [0.4, 0.5) is 0 Å². The van der Waals surface area contributed by atoms with Gasteiger partial charge in [0.05, 0.1) is 0 Å². The minimum absolute atomic E-state index is 0.860. The summed E-state index contributed by atoms with van der Waals surface area (Å²) in [4.78, 5) is 6.32. The van der Waals surface area contributed by atoms with E-state index in [1.807, 2.05) is 11.3 Å². The number of hydrogen-bond acceptors (Lipinski definition) is 3. The highest BCUT2D eigenvalue weighted by Crippen LogP contribution is 2.22. The molecule has 90 valence electrons. The third kappa shape index (κ3) is 3.55. The second-order valence-electron chi connectivity index (χ2n) is 4.84. The third-order valence-corrected chi connectivity index (χ3v) is 4.79. The van der Waals surface area contributed by atoms with E-state index in [9.17, 15) is 0 Å². The predicted octanol–water partition coefficient (Wildman–Crippen LogP) is 2.89. The zero-order valence-corrected chi connectivity index (χ0v) is 12.4. The Labute approximate surface area is 110 Å². The van der Waals surface area contributed by atoms with Crippen molar-refractivity contribution < 1.29 is 0 Å². The highest BCUT2D eigenvalue weighted by atomic mass is 79.9. The molecule has 0 N–H and O–H groups in total. The maximum absolute atomic E-state index is 3.50. The topological polar surface area (TPSA) is 6.48 Å². The largest absolute Gasteiger partial charge is 0.306 e. The summed E-state index contributed by atoms with van der Waals surface area (Å²) in [7, 11) is 4.45. The highest BCUT2D eigenvalue weighted by molar-refractivity contribution is 9.10. The molecule has 2 rings (SSSR count). The Bertz CT molecular complexity index is 340. The van der Waals surface area contributed by atoms with Gasteiger partial charge in [-0.15, -0.1) is 11.3 Å². The number of nitrogens with zero attached hydrogens (tertiary/aromatic N) is 2. The van der Waals surface area contributed by atoms with Gasteiger partial charge in [-0.3, -0.25) is 0 Å². The van der Waals surface area contributed by atoms with Gasteiger partial charge < -0.3 is 9.80 Å². The zero-order chi connectivity index (χ0) is 11.5. The quantitative estimate of drug-likeness (QED) is 0.844. The van der Waals surface area contributed by atoms with Gasteiger partial charge >= 0.3 is 0 Å². The molecule has 0 radical (unpaired) electrons. The van der Waals surface area contributed by atoms with Gasteiger partial charge in [-0.25, -0.2) is 0 Å². The van der Waals surface area contributed by atoms with Gasteiger partial charge in [0.25, 0.3) is 0 Å². The first kappa shape index (κ1) is 12.6. The van der Waals surface area contributed by atoms with Crippen molar-refractivity contribution >= 4 is 27.3 Å². The number of halogens is 1. The molecule has 0 spiro atoms. The molecule has 2 heterocycles. The van der Waals surface area contributed by atoms with Crippen LogP contribution >= 0.6 is 27.3 Å². The molecule has 1 aliphatic heterocycles. The molecule has 0 saturated carbocycles. The predicted molar refractivity (Wildman–Crippen MR) is 74.0 cm³/mol. The first-order valence-corrected chi connectivity index (χ1v) is 7.41. The standard InChI is InChI=1S/C12H19BrN2S/c1-14-4-3-10(6-14)7-15(2)8-12-5-11(13)9-16-12/h5,9-10H,3-4,6-8H2,1-2H3. The van der Waals surface area contributed by atoms with Crippen LogP contribution in [-0.4, -0.2) is 43.5 Å². The van der Waals surface area contributed by atoms with Crippen LogP contribution in [0.25, 0.3) is 0 Å². The van der Waals surface area contributed by atoms with Crippen molar-refractivity contribution in [3.63, 3.8) is 0 Å². The van der Waals surface area contributed by atoms with Gasteiger partial charge in [-0.05, 0) is 55.0 Å². The minimum atomic E-state index is 0.860. The Balaban J connectivity index is 1.78. The van der Waals surface area contributed by atoms with Crippen LogP contribution in [0.5, 0.6) is 0 Å². The highest BCUT2D eigenvalue weighted by Gasteiger charge is 2.20. The fraction of sp³-hybridized carbons (Fsp3) is 0.667. The van der Waals surface area contributed by atoms with Crippen LogP contribution in [0.15, 0.2) is 15.9 Å². The summed E-state index contributed by atoms with van der Waals surface area (Å²) in [5.74, 6) is 0.860. The molecule has 1 fully saturated rings. The van der Waals surface area contributed by atoms with E-state index in [0.29, 0.717) is 0 Å². The molecule has 0 amide bonds. The Morgan fingerprint density at radius 1 is 1.62 bits per heavy atom. The van der Waals surface area contributed by atoms with Crippen molar-refractivity contribution in [2.75, 3.05) is 33.7 Å². The van der Waals surface area contributed by atoms with Gasteiger partial charge in [0.2, 0.25) is 0 Å². The van der Waals surface area contributed by atoms with Crippen molar-refractivity contribution in [2.45, 2.75) is 13.0 Å². The summed E-state index contributed by atoms with van der Waals surface area (Å²) >= 11 is 5.34. The Morgan fingerprint density at radius 2 is 2.44 bits per heavy atom. The second-order valence-corrected chi connectivity index (χ2v) is 6.76. The Morgan fingerprint density at radius 3 is 3.00 bits per heavy atom. The van der Waals surface area contributed by atoms with E-state index in [2.05, 4.69) is 51.3 Å². The summed E-state index contributed by atoms with van der Waals surface area (Å²) in [6.07, 6.45) is 1.36. The van der Waals surface area contributed by atoms with E-state index in [0.717, 1.165) is 12.5 Å². The number of thiophene rings is 1. The lowest BCUT2D eigenvalue weighted by Gasteiger charge is -2.20. The fourth-order valence-corrected chi connectivity index (χ4v) is 3.91. The van der Waals surface area contributed by atoms with Crippen LogP contribution in [0, 0.1) is 5.92 Å². The summed E-state index contributed by atoms with van der Waals surface area (Å²) in [5, 5.41) is 2.16. The number of hydrogen-bond donors (Lipinski definition) is 0. The third-order valence-electron chi connectivity index (χ3n) is 3.11. The van der Waals surface area contributed by atoms with E-state index in [1.165, 1.54) is 35.4 Å². The van der Waals surface area contributed by atoms with Crippen molar-refractivity contribution in [1.82, 2.24) is 9.80 Å².